The quantitative estimate of drug-likeness (QED) is 0.594. The van der Waals surface area contributed by atoms with Gasteiger partial charge in [0.1, 0.15) is 10.8 Å². The van der Waals surface area contributed by atoms with Crippen LogP contribution < -0.4 is 11.1 Å². The Bertz CT molecular complexity index is 335. The zero-order valence-corrected chi connectivity index (χ0v) is 7.64. The monoisotopic (exact) mass is 200 g/mol. The molecule has 70 valence electrons. The van der Waals surface area contributed by atoms with Gasteiger partial charge in [0, 0.05) is 0 Å². The molecule has 0 unspecified atom stereocenters. The number of nitrogens with one attached hydrogen (secondary N) is 2. The second-order valence-electron chi connectivity index (χ2n) is 2.14. The topological polar surface area (TPSA) is 93.0 Å². The zero-order chi connectivity index (χ0) is 9.84. The van der Waals surface area contributed by atoms with Crippen LogP contribution in [0.15, 0.2) is 6.20 Å². The largest absolute Gasteiger partial charge is 0.453 e. The average Bonchev–Trinajstić information content (AvgIpc) is 2.52. The van der Waals surface area contributed by atoms with Crippen LogP contribution in [0.25, 0.3) is 0 Å². The van der Waals surface area contributed by atoms with Crippen LogP contribution in [-0.2, 0) is 4.74 Å². The van der Waals surface area contributed by atoms with E-state index in [4.69, 9.17) is 18.0 Å². The molecule has 0 radical (unpaired) electrons. The van der Waals surface area contributed by atoms with Crippen LogP contribution in [0.3, 0.4) is 0 Å². The van der Waals surface area contributed by atoms with E-state index in [0.717, 1.165) is 0 Å². The summed E-state index contributed by atoms with van der Waals surface area (Å²) in [4.78, 5) is 10.9. The minimum atomic E-state index is -0.609. The number of carbonyl (C=O) groups is 1. The molecule has 0 bridgehead atoms. The lowest BCUT2D eigenvalue weighted by molar-refractivity contribution is 0.187. The molecule has 7 heteroatoms. The highest BCUT2D eigenvalue weighted by Gasteiger charge is 2.10. The van der Waals surface area contributed by atoms with Crippen LogP contribution in [-0.4, -0.2) is 28.4 Å². The van der Waals surface area contributed by atoms with E-state index >= 15 is 0 Å². The number of anilines is 1. The normalized spacial score (nSPS) is 9.31. The van der Waals surface area contributed by atoms with Gasteiger partial charge in [0.25, 0.3) is 0 Å². The first-order valence-corrected chi connectivity index (χ1v) is 3.74. The Morgan fingerprint density at radius 3 is 3.08 bits per heavy atom. The van der Waals surface area contributed by atoms with Crippen molar-refractivity contribution >= 4 is 29.1 Å². The summed E-state index contributed by atoms with van der Waals surface area (Å²) in [5.74, 6) is 0.333. The standard InChI is InChI=1S/C6H8N4O2S/c1-12-6(11)9-5-3(4(7)13)2-8-10-5/h2H,1H3,(H2,7,13)(H2,8,9,10,11). The van der Waals surface area contributed by atoms with Crippen molar-refractivity contribution in [1.29, 1.82) is 0 Å². The number of H-pyrrole nitrogens is 1. The van der Waals surface area contributed by atoms with Crippen molar-refractivity contribution in [2.45, 2.75) is 0 Å². The van der Waals surface area contributed by atoms with E-state index in [1.165, 1.54) is 13.3 Å². The molecule has 1 rings (SSSR count). The van der Waals surface area contributed by atoms with Crippen LogP contribution in [0.5, 0.6) is 0 Å². The summed E-state index contributed by atoms with van der Waals surface area (Å²) in [5, 5.41) is 8.57. The van der Waals surface area contributed by atoms with Crippen molar-refractivity contribution in [2.24, 2.45) is 5.73 Å². The third-order valence-corrected chi connectivity index (χ3v) is 1.54. The fraction of sp³-hybridized carbons (Fsp3) is 0.167. The van der Waals surface area contributed by atoms with Crippen molar-refractivity contribution in [3.63, 3.8) is 0 Å². The number of nitrogens with two attached hydrogens (primary N) is 1. The fourth-order valence-electron chi connectivity index (χ4n) is 0.721. The van der Waals surface area contributed by atoms with E-state index < -0.39 is 6.09 Å². The number of amides is 1. The van der Waals surface area contributed by atoms with Gasteiger partial charge in [-0.15, -0.1) is 0 Å². The summed E-state index contributed by atoms with van der Waals surface area (Å²) in [6.07, 6.45) is 0.815. The first kappa shape index (κ1) is 9.46. The number of aromatic nitrogens is 2. The van der Waals surface area contributed by atoms with Gasteiger partial charge in [0.15, 0.2) is 0 Å². The smallest absolute Gasteiger partial charge is 0.412 e. The molecule has 6 nitrogen and oxygen atoms in total. The van der Waals surface area contributed by atoms with Gasteiger partial charge in [-0.05, 0) is 0 Å². The van der Waals surface area contributed by atoms with Crippen molar-refractivity contribution in [1.82, 2.24) is 10.2 Å². The van der Waals surface area contributed by atoms with Crippen LogP contribution in [0.4, 0.5) is 10.6 Å². The molecule has 0 aromatic carbocycles. The number of ether oxygens (including phenoxy) is 1. The van der Waals surface area contributed by atoms with E-state index in [0.29, 0.717) is 11.4 Å². The minimum absolute atomic E-state index is 0.153. The highest BCUT2D eigenvalue weighted by atomic mass is 32.1. The van der Waals surface area contributed by atoms with Crippen molar-refractivity contribution in [2.75, 3.05) is 12.4 Å². The fourth-order valence-corrected chi connectivity index (χ4v) is 0.876. The van der Waals surface area contributed by atoms with Crippen LogP contribution in [0, 0.1) is 0 Å². The number of hydrogen-bond donors (Lipinski definition) is 3. The van der Waals surface area contributed by atoms with E-state index in [9.17, 15) is 4.79 Å². The SMILES string of the molecule is COC(=O)Nc1[nH]ncc1C(N)=S. The Kier molecular flexibility index (Phi) is 2.80. The van der Waals surface area contributed by atoms with Gasteiger partial charge in [-0.1, -0.05) is 12.2 Å². The van der Waals surface area contributed by atoms with Crippen LogP contribution >= 0.6 is 12.2 Å². The van der Waals surface area contributed by atoms with E-state index in [-0.39, 0.29) is 4.99 Å². The highest BCUT2D eigenvalue weighted by Crippen LogP contribution is 2.10. The second kappa shape index (κ2) is 3.85. The third-order valence-electron chi connectivity index (χ3n) is 1.32. The Morgan fingerprint density at radius 2 is 2.54 bits per heavy atom. The van der Waals surface area contributed by atoms with Crippen molar-refractivity contribution in [3.05, 3.63) is 11.8 Å². The summed E-state index contributed by atoms with van der Waals surface area (Å²) in [5.41, 5.74) is 5.83. The van der Waals surface area contributed by atoms with E-state index in [2.05, 4.69) is 20.3 Å². The maximum atomic E-state index is 10.8. The molecule has 0 aliphatic rings. The van der Waals surface area contributed by atoms with Gasteiger partial charge >= 0.3 is 6.09 Å². The minimum Gasteiger partial charge on any atom is -0.453 e. The summed E-state index contributed by atoms with van der Waals surface area (Å²) >= 11 is 4.72. The molecule has 0 aliphatic carbocycles. The molecule has 0 saturated heterocycles. The van der Waals surface area contributed by atoms with Gasteiger partial charge in [0.2, 0.25) is 0 Å². The van der Waals surface area contributed by atoms with Gasteiger partial charge in [0.05, 0.1) is 18.9 Å². The summed E-state index contributed by atoms with van der Waals surface area (Å²) in [6, 6.07) is 0. The average molecular weight is 200 g/mol. The number of aromatic amines is 1. The molecule has 13 heavy (non-hydrogen) atoms. The number of nitrogens with zero attached hydrogens (tertiary/aromatic N) is 1. The lowest BCUT2D eigenvalue weighted by Gasteiger charge is -2.02. The predicted molar refractivity (Wildman–Crippen MR) is 50.5 cm³/mol. The molecule has 0 spiro atoms. The molecule has 1 aromatic heterocycles. The van der Waals surface area contributed by atoms with Gasteiger partial charge < -0.3 is 10.5 Å². The number of methoxy groups -OCH3 is 1. The Balaban J connectivity index is 2.82. The first-order valence-electron chi connectivity index (χ1n) is 3.33. The van der Waals surface area contributed by atoms with Gasteiger partial charge in [-0.25, -0.2) is 4.79 Å². The summed E-state index contributed by atoms with van der Waals surface area (Å²) < 4.78 is 4.38. The first-order chi connectivity index (χ1) is 6.15. The van der Waals surface area contributed by atoms with E-state index in [1.807, 2.05) is 0 Å². The molecular formula is C6H8N4O2S. The van der Waals surface area contributed by atoms with Gasteiger partial charge in [-0.3, -0.25) is 10.4 Å². The zero-order valence-electron chi connectivity index (χ0n) is 6.83. The molecule has 1 heterocycles. The lowest BCUT2D eigenvalue weighted by Crippen LogP contribution is -2.16. The third kappa shape index (κ3) is 2.15. The Morgan fingerprint density at radius 1 is 1.85 bits per heavy atom. The highest BCUT2D eigenvalue weighted by molar-refractivity contribution is 7.80. The molecular weight excluding hydrogens is 192 g/mol. The Labute approximate surface area is 79.4 Å². The summed E-state index contributed by atoms with van der Waals surface area (Å²) in [6.45, 7) is 0. The number of hydrogen-bond acceptors (Lipinski definition) is 4. The lowest BCUT2D eigenvalue weighted by atomic mass is 10.3. The maximum Gasteiger partial charge on any atom is 0.412 e. The van der Waals surface area contributed by atoms with Gasteiger partial charge in [-0.2, -0.15) is 5.10 Å². The van der Waals surface area contributed by atoms with Crippen molar-refractivity contribution < 1.29 is 9.53 Å². The number of rotatable bonds is 2. The molecule has 0 saturated carbocycles. The molecule has 1 amide bonds. The summed E-state index contributed by atoms with van der Waals surface area (Å²) in [7, 11) is 1.26. The Hall–Kier alpha value is -1.63. The van der Waals surface area contributed by atoms with Crippen LogP contribution in [0.2, 0.25) is 0 Å². The molecule has 4 N–H and O–H groups in total. The number of carbonyl (C=O) groups excluding carboxylic acids is 1. The molecule has 0 atom stereocenters. The maximum absolute atomic E-state index is 10.8. The molecule has 1 aromatic rings. The predicted octanol–water partition coefficient (Wildman–Crippen LogP) is 0.222. The second-order valence-corrected chi connectivity index (χ2v) is 2.58. The van der Waals surface area contributed by atoms with Crippen LogP contribution in [0.1, 0.15) is 5.56 Å². The van der Waals surface area contributed by atoms with Crippen molar-refractivity contribution in [3.8, 4) is 0 Å². The van der Waals surface area contributed by atoms with E-state index in [1.54, 1.807) is 0 Å². The molecule has 0 fully saturated rings. The number of thiocarbonyl (C=S) groups is 1. The molecule has 0 aliphatic heterocycles.